The molecule has 2 heterocycles. The molecule has 0 saturated heterocycles. The maximum Gasteiger partial charge on any atom is 0.250 e. The molecule has 2 N–H and O–H groups in total. The first kappa shape index (κ1) is 15.1. The standard InChI is InChI=1S/C11H17N5O2S2/c1-3-16-8-13-15-10(16)7-14-20(17,18)11-5-4-9(19-11)6-12-2/h4-5,8,12,14H,3,6-7H2,1-2H3. The quantitative estimate of drug-likeness (QED) is 0.779. The number of rotatable bonds is 7. The van der Waals surface area contributed by atoms with Gasteiger partial charge in [0, 0.05) is 18.0 Å². The minimum atomic E-state index is -3.50. The monoisotopic (exact) mass is 315 g/mol. The smallest absolute Gasteiger partial charge is 0.250 e. The lowest BCUT2D eigenvalue weighted by Gasteiger charge is -2.05. The van der Waals surface area contributed by atoms with Crippen LogP contribution in [0.5, 0.6) is 0 Å². The molecule has 0 saturated carbocycles. The van der Waals surface area contributed by atoms with E-state index in [2.05, 4.69) is 20.2 Å². The number of hydrogen-bond donors (Lipinski definition) is 2. The van der Waals surface area contributed by atoms with Crippen LogP contribution >= 0.6 is 11.3 Å². The van der Waals surface area contributed by atoms with Crippen LogP contribution in [0.15, 0.2) is 22.7 Å². The van der Waals surface area contributed by atoms with Crippen LogP contribution < -0.4 is 10.0 Å². The third-order valence-corrected chi connectivity index (χ3v) is 5.69. The van der Waals surface area contributed by atoms with Gasteiger partial charge in [0.15, 0.2) is 0 Å². The zero-order chi connectivity index (χ0) is 14.6. The lowest BCUT2D eigenvalue weighted by atomic mass is 10.5. The number of aryl methyl sites for hydroxylation is 1. The molecule has 0 bridgehead atoms. The predicted molar refractivity (Wildman–Crippen MR) is 76.8 cm³/mol. The summed E-state index contributed by atoms with van der Waals surface area (Å²) >= 11 is 1.26. The number of sulfonamides is 1. The Morgan fingerprint density at radius 1 is 1.35 bits per heavy atom. The first-order valence-electron chi connectivity index (χ1n) is 6.16. The number of hydrogen-bond acceptors (Lipinski definition) is 6. The first-order valence-corrected chi connectivity index (χ1v) is 8.46. The molecule has 2 aromatic heterocycles. The molecular weight excluding hydrogens is 298 g/mol. The van der Waals surface area contributed by atoms with Crippen molar-refractivity contribution in [3.05, 3.63) is 29.2 Å². The SMILES string of the molecule is CCn1cnnc1CNS(=O)(=O)c1ccc(CNC)s1. The Balaban J connectivity index is 2.07. The predicted octanol–water partition coefficient (Wildman–Crippen LogP) is 0.557. The summed E-state index contributed by atoms with van der Waals surface area (Å²) in [5, 5.41) is 10.7. The van der Waals surface area contributed by atoms with E-state index in [4.69, 9.17) is 0 Å². The molecule has 0 aliphatic rings. The number of thiophene rings is 1. The minimum Gasteiger partial charge on any atom is -0.317 e. The van der Waals surface area contributed by atoms with E-state index in [1.54, 1.807) is 17.0 Å². The Hall–Kier alpha value is -1.29. The summed E-state index contributed by atoms with van der Waals surface area (Å²) in [5.74, 6) is 0.600. The Labute approximate surface area is 122 Å². The van der Waals surface area contributed by atoms with Gasteiger partial charge in [-0.05, 0) is 26.1 Å². The van der Waals surface area contributed by atoms with Gasteiger partial charge in [-0.3, -0.25) is 0 Å². The van der Waals surface area contributed by atoms with Crippen LogP contribution in [0.4, 0.5) is 0 Å². The Bertz CT molecular complexity index is 662. The van der Waals surface area contributed by atoms with Crippen LogP contribution in [-0.2, 0) is 29.7 Å². The molecule has 0 fully saturated rings. The van der Waals surface area contributed by atoms with Crippen molar-refractivity contribution in [2.45, 2.75) is 30.8 Å². The summed E-state index contributed by atoms with van der Waals surface area (Å²) < 4.78 is 29.0. The van der Waals surface area contributed by atoms with Crippen LogP contribution in [0.1, 0.15) is 17.6 Å². The molecule has 0 aliphatic heterocycles. The minimum absolute atomic E-state index is 0.134. The Morgan fingerprint density at radius 3 is 2.85 bits per heavy atom. The van der Waals surface area contributed by atoms with E-state index in [1.807, 2.05) is 20.0 Å². The van der Waals surface area contributed by atoms with Gasteiger partial charge in [-0.15, -0.1) is 21.5 Å². The molecule has 7 nitrogen and oxygen atoms in total. The van der Waals surface area contributed by atoms with E-state index in [9.17, 15) is 8.42 Å². The van der Waals surface area contributed by atoms with Crippen molar-refractivity contribution in [2.75, 3.05) is 7.05 Å². The van der Waals surface area contributed by atoms with Gasteiger partial charge >= 0.3 is 0 Å². The highest BCUT2D eigenvalue weighted by Crippen LogP contribution is 2.21. The maximum absolute atomic E-state index is 12.2. The molecule has 0 aromatic carbocycles. The highest BCUT2D eigenvalue weighted by Gasteiger charge is 2.17. The highest BCUT2D eigenvalue weighted by atomic mass is 32.2. The summed E-state index contributed by atoms with van der Waals surface area (Å²) in [7, 11) is -1.68. The van der Waals surface area contributed by atoms with Gasteiger partial charge < -0.3 is 9.88 Å². The molecule has 0 amide bonds. The van der Waals surface area contributed by atoms with Crippen molar-refractivity contribution in [3.8, 4) is 0 Å². The highest BCUT2D eigenvalue weighted by molar-refractivity contribution is 7.91. The Kier molecular flexibility index (Phi) is 4.86. The van der Waals surface area contributed by atoms with E-state index in [-0.39, 0.29) is 6.54 Å². The van der Waals surface area contributed by atoms with Crippen molar-refractivity contribution in [1.82, 2.24) is 24.8 Å². The largest absolute Gasteiger partial charge is 0.317 e. The van der Waals surface area contributed by atoms with E-state index >= 15 is 0 Å². The van der Waals surface area contributed by atoms with Gasteiger partial charge in [0.25, 0.3) is 0 Å². The fourth-order valence-corrected chi connectivity index (χ4v) is 4.07. The van der Waals surface area contributed by atoms with Crippen LogP contribution in [0, 0.1) is 0 Å². The molecule has 0 atom stereocenters. The first-order chi connectivity index (χ1) is 9.56. The van der Waals surface area contributed by atoms with Gasteiger partial charge in [-0.25, -0.2) is 13.1 Å². The number of aromatic nitrogens is 3. The van der Waals surface area contributed by atoms with Gasteiger partial charge in [0.1, 0.15) is 16.4 Å². The summed E-state index contributed by atoms with van der Waals surface area (Å²) in [6, 6.07) is 3.43. The fourth-order valence-electron chi connectivity index (χ4n) is 1.68. The van der Waals surface area contributed by atoms with Crippen LogP contribution in [0.25, 0.3) is 0 Å². The molecule has 2 rings (SSSR count). The van der Waals surface area contributed by atoms with Crippen LogP contribution in [0.2, 0.25) is 0 Å². The molecule has 0 aliphatic carbocycles. The van der Waals surface area contributed by atoms with Crippen molar-refractivity contribution >= 4 is 21.4 Å². The van der Waals surface area contributed by atoms with Crippen LogP contribution in [-0.4, -0.2) is 30.2 Å². The van der Waals surface area contributed by atoms with Gasteiger partial charge in [0.05, 0.1) is 6.54 Å². The van der Waals surface area contributed by atoms with Gasteiger partial charge in [-0.1, -0.05) is 0 Å². The second kappa shape index (κ2) is 6.44. The molecule has 110 valence electrons. The van der Waals surface area contributed by atoms with Crippen molar-refractivity contribution in [1.29, 1.82) is 0 Å². The summed E-state index contributed by atoms with van der Waals surface area (Å²) in [6.07, 6.45) is 1.58. The molecule has 0 spiro atoms. The maximum atomic E-state index is 12.2. The number of nitrogens with one attached hydrogen (secondary N) is 2. The van der Waals surface area contributed by atoms with Crippen molar-refractivity contribution < 1.29 is 8.42 Å². The molecule has 9 heteroatoms. The molecule has 0 unspecified atom stereocenters. The average molecular weight is 315 g/mol. The lowest BCUT2D eigenvalue weighted by Crippen LogP contribution is -2.24. The molecule has 0 radical (unpaired) electrons. The molecular formula is C11H17N5O2S2. The van der Waals surface area contributed by atoms with E-state index in [1.165, 1.54) is 11.3 Å². The van der Waals surface area contributed by atoms with E-state index in [0.717, 1.165) is 4.88 Å². The third kappa shape index (κ3) is 3.42. The second-order valence-corrected chi connectivity index (χ2v) is 7.27. The summed E-state index contributed by atoms with van der Waals surface area (Å²) in [4.78, 5) is 0.976. The number of nitrogens with zero attached hydrogens (tertiary/aromatic N) is 3. The van der Waals surface area contributed by atoms with Crippen LogP contribution in [0.3, 0.4) is 0 Å². The fraction of sp³-hybridized carbons (Fsp3) is 0.455. The second-order valence-electron chi connectivity index (χ2n) is 4.11. The average Bonchev–Trinajstić information content (AvgIpc) is 3.05. The summed E-state index contributed by atoms with van der Waals surface area (Å²) in [5.41, 5.74) is 0. The topological polar surface area (TPSA) is 88.9 Å². The molecule has 2 aromatic rings. The lowest BCUT2D eigenvalue weighted by molar-refractivity contribution is 0.577. The van der Waals surface area contributed by atoms with Crippen molar-refractivity contribution in [3.63, 3.8) is 0 Å². The zero-order valence-electron chi connectivity index (χ0n) is 11.3. The molecule has 20 heavy (non-hydrogen) atoms. The van der Waals surface area contributed by atoms with Crippen molar-refractivity contribution in [2.24, 2.45) is 0 Å². The van der Waals surface area contributed by atoms with Gasteiger partial charge in [-0.2, -0.15) is 0 Å². The summed E-state index contributed by atoms with van der Waals surface area (Å²) in [6.45, 7) is 3.44. The van der Waals surface area contributed by atoms with E-state index < -0.39 is 10.0 Å². The Morgan fingerprint density at radius 2 is 2.15 bits per heavy atom. The van der Waals surface area contributed by atoms with Gasteiger partial charge in [0.2, 0.25) is 10.0 Å². The third-order valence-electron chi connectivity index (χ3n) is 2.71. The van der Waals surface area contributed by atoms with E-state index in [0.29, 0.717) is 23.1 Å². The normalized spacial score (nSPS) is 11.9. The zero-order valence-corrected chi connectivity index (χ0v) is 13.0.